The molecule has 2 N–H and O–H groups in total. The normalized spacial score (nSPS) is 11.0. The Labute approximate surface area is 159 Å². The summed E-state index contributed by atoms with van der Waals surface area (Å²) in [6, 6.07) is 9.69. The number of carbonyl (C=O) groups excluding carboxylic acids is 1. The van der Waals surface area contributed by atoms with Crippen LogP contribution >= 0.6 is 23.1 Å². The first kappa shape index (κ1) is 18.5. The lowest BCUT2D eigenvalue weighted by Crippen LogP contribution is -2.33. The number of benzene rings is 1. The van der Waals surface area contributed by atoms with E-state index in [2.05, 4.69) is 4.98 Å². The van der Waals surface area contributed by atoms with Crippen molar-refractivity contribution in [1.82, 2.24) is 14.6 Å². The van der Waals surface area contributed by atoms with E-state index in [9.17, 15) is 9.59 Å². The van der Waals surface area contributed by atoms with Crippen molar-refractivity contribution in [2.24, 2.45) is 0 Å². The van der Waals surface area contributed by atoms with Crippen LogP contribution in [0.4, 0.5) is 0 Å². The van der Waals surface area contributed by atoms with Crippen molar-refractivity contribution in [3.63, 3.8) is 0 Å². The number of carbonyl (C=O) groups is 1. The third kappa shape index (κ3) is 3.47. The number of aromatic nitrogens is 2. The van der Waals surface area contributed by atoms with Gasteiger partial charge in [0.1, 0.15) is 4.83 Å². The highest BCUT2D eigenvalue weighted by Gasteiger charge is 2.18. The standard InChI is InChI=1S/C18H20N4O2S2/c1-3-21(4-2)14(23)11-26-18-20-16-15(17(24)22(18)19)13(10-25-16)12-8-6-5-7-9-12/h5-10H,3-4,11,19H2,1-2H3. The van der Waals surface area contributed by atoms with Crippen molar-refractivity contribution in [1.29, 1.82) is 0 Å². The fourth-order valence-electron chi connectivity index (χ4n) is 2.71. The molecule has 136 valence electrons. The van der Waals surface area contributed by atoms with Gasteiger partial charge in [-0.05, 0) is 19.4 Å². The van der Waals surface area contributed by atoms with Gasteiger partial charge in [-0.2, -0.15) is 0 Å². The van der Waals surface area contributed by atoms with Crippen LogP contribution < -0.4 is 11.4 Å². The van der Waals surface area contributed by atoms with Gasteiger partial charge in [0.2, 0.25) is 5.91 Å². The molecule has 0 spiro atoms. The summed E-state index contributed by atoms with van der Waals surface area (Å²) in [7, 11) is 0. The highest BCUT2D eigenvalue weighted by molar-refractivity contribution is 7.99. The average Bonchev–Trinajstić information content (AvgIpc) is 3.09. The first-order valence-corrected chi connectivity index (χ1v) is 10.2. The number of thiophene rings is 1. The molecule has 0 aliphatic carbocycles. The second kappa shape index (κ2) is 7.92. The van der Waals surface area contributed by atoms with Crippen molar-refractivity contribution >= 4 is 39.2 Å². The monoisotopic (exact) mass is 388 g/mol. The first-order valence-electron chi connectivity index (χ1n) is 8.32. The largest absolute Gasteiger partial charge is 0.343 e. The van der Waals surface area contributed by atoms with Crippen LogP contribution in [0.2, 0.25) is 0 Å². The SMILES string of the molecule is CCN(CC)C(=O)CSc1nc2scc(-c3ccccc3)c2c(=O)n1N. The van der Waals surface area contributed by atoms with Gasteiger partial charge in [-0.15, -0.1) is 11.3 Å². The minimum absolute atomic E-state index is 0.00509. The van der Waals surface area contributed by atoms with Crippen molar-refractivity contribution in [2.75, 3.05) is 24.7 Å². The number of rotatable bonds is 6. The van der Waals surface area contributed by atoms with Crippen LogP contribution in [0.5, 0.6) is 0 Å². The molecule has 0 bridgehead atoms. The third-order valence-corrected chi connectivity index (χ3v) is 5.94. The van der Waals surface area contributed by atoms with Gasteiger partial charge < -0.3 is 10.7 Å². The zero-order valence-corrected chi connectivity index (χ0v) is 16.3. The maximum Gasteiger partial charge on any atom is 0.282 e. The molecule has 0 saturated heterocycles. The van der Waals surface area contributed by atoms with E-state index >= 15 is 0 Å². The Bertz CT molecular complexity index is 978. The molecule has 1 amide bonds. The van der Waals surface area contributed by atoms with Crippen LogP contribution in [0.3, 0.4) is 0 Å². The number of amides is 1. The Hall–Kier alpha value is -2.32. The van der Waals surface area contributed by atoms with Gasteiger partial charge in [-0.3, -0.25) is 9.59 Å². The summed E-state index contributed by atoms with van der Waals surface area (Å²) in [6.07, 6.45) is 0. The molecule has 0 saturated carbocycles. The van der Waals surface area contributed by atoms with Gasteiger partial charge in [0.05, 0.1) is 11.1 Å². The van der Waals surface area contributed by atoms with E-state index in [1.807, 2.05) is 49.6 Å². The van der Waals surface area contributed by atoms with Crippen molar-refractivity contribution in [3.05, 3.63) is 46.1 Å². The fraction of sp³-hybridized carbons (Fsp3) is 0.278. The van der Waals surface area contributed by atoms with Gasteiger partial charge in [0, 0.05) is 24.0 Å². The van der Waals surface area contributed by atoms with Crippen LogP contribution in [0, 0.1) is 0 Å². The van der Waals surface area contributed by atoms with Crippen molar-refractivity contribution in [3.8, 4) is 11.1 Å². The summed E-state index contributed by atoms with van der Waals surface area (Å²) >= 11 is 2.60. The molecule has 1 aromatic carbocycles. The molecular formula is C18H20N4O2S2. The molecule has 6 nitrogen and oxygen atoms in total. The summed E-state index contributed by atoms with van der Waals surface area (Å²) in [5.41, 5.74) is 1.49. The zero-order valence-electron chi connectivity index (χ0n) is 14.6. The van der Waals surface area contributed by atoms with Gasteiger partial charge in [0.15, 0.2) is 5.16 Å². The molecule has 0 unspecified atom stereocenters. The molecule has 0 aliphatic heterocycles. The number of nitrogen functional groups attached to an aromatic ring is 1. The molecule has 26 heavy (non-hydrogen) atoms. The number of hydrogen-bond acceptors (Lipinski definition) is 6. The summed E-state index contributed by atoms with van der Waals surface area (Å²) in [4.78, 5) is 31.9. The topological polar surface area (TPSA) is 81.2 Å². The van der Waals surface area contributed by atoms with Crippen molar-refractivity contribution in [2.45, 2.75) is 19.0 Å². The molecule has 2 aromatic heterocycles. The number of nitrogens with two attached hydrogens (primary N) is 1. The van der Waals surface area contributed by atoms with Crippen LogP contribution in [-0.2, 0) is 4.79 Å². The Kier molecular flexibility index (Phi) is 5.63. The van der Waals surface area contributed by atoms with Crippen LogP contribution in [-0.4, -0.2) is 39.3 Å². The summed E-state index contributed by atoms with van der Waals surface area (Å²) in [6.45, 7) is 5.18. The minimum atomic E-state index is -0.298. The lowest BCUT2D eigenvalue weighted by Gasteiger charge is -2.18. The lowest BCUT2D eigenvalue weighted by atomic mass is 10.1. The molecule has 3 rings (SSSR count). The zero-order chi connectivity index (χ0) is 18.7. The van der Waals surface area contributed by atoms with E-state index in [-0.39, 0.29) is 17.2 Å². The smallest absolute Gasteiger partial charge is 0.282 e. The number of thioether (sulfide) groups is 1. The van der Waals surface area contributed by atoms with E-state index in [0.29, 0.717) is 28.5 Å². The molecule has 3 aromatic rings. The first-order chi connectivity index (χ1) is 12.6. The highest BCUT2D eigenvalue weighted by Crippen LogP contribution is 2.31. The summed E-state index contributed by atoms with van der Waals surface area (Å²) in [5.74, 6) is 6.19. The number of fused-ring (bicyclic) bond motifs is 1. The molecule has 0 radical (unpaired) electrons. The maximum absolute atomic E-state index is 12.8. The van der Waals surface area contributed by atoms with E-state index in [0.717, 1.165) is 15.8 Å². The molecule has 8 heteroatoms. The van der Waals surface area contributed by atoms with Gasteiger partial charge in [-0.25, -0.2) is 9.66 Å². The predicted molar refractivity (Wildman–Crippen MR) is 108 cm³/mol. The Morgan fingerprint density at radius 1 is 1.27 bits per heavy atom. The number of hydrogen-bond donors (Lipinski definition) is 1. The third-order valence-electron chi connectivity index (χ3n) is 4.13. The van der Waals surface area contributed by atoms with Crippen molar-refractivity contribution < 1.29 is 4.79 Å². The quantitative estimate of drug-likeness (QED) is 0.399. The van der Waals surface area contributed by atoms with Gasteiger partial charge in [0.25, 0.3) is 5.56 Å². The Balaban J connectivity index is 1.94. The minimum Gasteiger partial charge on any atom is -0.343 e. The van der Waals surface area contributed by atoms with Crippen LogP contribution in [0.25, 0.3) is 21.3 Å². The Morgan fingerprint density at radius 2 is 1.96 bits per heavy atom. The highest BCUT2D eigenvalue weighted by atomic mass is 32.2. The van der Waals surface area contributed by atoms with Crippen LogP contribution in [0.1, 0.15) is 13.8 Å². The second-order valence-corrected chi connectivity index (χ2v) is 7.42. The molecule has 2 heterocycles. The predicted octanol–water partition coefficient (Wildman–Crippen LogP) is 2.80. The van der Waals surface area contributed by atoms with E-state index in [1.165, 1.54) is 23.1 Å². The second-order valence-electron chi connectivity index (χ2n) is 5.62. The number of nitrogens with zero attached hydrogens (tertiary/aromatic N) is 3. The summed E-state index contributed by atoms with van der Waals surface area (Å²) in [5, 5.41) is 2.79. The van der Waals surface area contributed by atoms with E-state index < -0.39 is 0 Å². The lowest BCUT2D eigenvalue weighted by molar-refractivity contribution is -0.127. The van der Waals surface area contributed by atoms with Crippen LogP contribution in [0.15, 0.2) is 45.7 Å². The van der Waals surface area contributed by atoms with Gasteiger partial charge in [-0.1, -0.05) is 42.1 Å². The van der Waals surface area contributed by atoms with Gasteiger partial charge >= 0.3 is 0 Å². The van der Waals surface area contributed by atoms with E-state index in [4.69, 9.17) is 5.84 Å². The molecule has 0 aliphatic rings. The fourth-order valence-corrected chi connectivity index (χ4v) is 4.52. The Morgan fingerprint density at radius 3 is 2.62 bits per heavy atom. The average molecular weight is 389 g/mol. The molecular weight excluding hydrogens is 368 g/mol. The molecule has 0 fully saturated rings. The molecule has 0 atom stereocenters. The van der Waals surface area contributed by atoms with E-state index in [1.54, 1.807) is 4.90 Å². The maximum atomic E-state index is 12.8. The summed E-state index contributed by atoms with van der Waals surface area (Å²) < 4.78 is 1.04.